The normalized spacial score (nSPS) is 10.2. The number of aromatic carboxylic acids is 1. The predicted octanol–water partition coefficient (Wildman–Crippen LogP) is 4.08. The Morgan fingerprint density at radius 1 is 1.12 bits per heavy atom. The molecule has 0 atom stereocenters. The maximum atomic E-state index is 10.6. The maximum Gasteiger partial charge on any atom is 0.371 e. The molecule has 0 unspecified atom stereocenters. The second kappa shape index (κ2) is 4.69. The van der Waals surface area contributed by atoms with Gasteiger partial charge in [0.15, 0.2) is 5.75 Å². The molecular formula is C11H6Cl2O4. The van der Waals surface area contributed by atoms with Gasteiger partial charge in [-0.25, -0.2) is 4.79 Å². The summed E-state index contributed by atoms with van der Waals surface area (Å²) in [5.74, 6) is -0.696. The quantitative estimate of drug-likeness (QED) is 0.915. The smallest absolute Gasteiger partial charge is 0.371 e. The number of carboxylic acid groups (broad SMARTS) is 1. The van der Waals surface area contributed by atoms with Gasteiger partial charge in [-0.3, -0.25) is 0 Å². The highest BCUT2D eigenvalue weighted by Gasteiger charge is 2.10. The molecule has 4 nitrogen and oxygen atoms in total. The summed E-state index contributed by atoms with van der Waals surface area (Å²) < 4.78 is 10.1. The molecule has 1 heterocycles. The largest absolute Gasteiger partial charge is 0.475 e. The first-order valence-electron chi connectivity index (χ1n) is 4.50. The average molecular weight is 273 g/mol. The highest BCUT2D eigenvalue weighted by Crippen LogP contribution is 2.29. The minimum absolute atomic E-state index is 0.201. The fourth-order valence-electron chi connectivity index (χ4n) is 1.21. The van der Waals surface area contributed by atoms with Crippen molar-refractivity contribution >= 4 is 29.2 Å². The highest BCUT2D eigenvalue weighted by atomic mass is 35.5. The van der Waals surface area contributed by atoms with Crippen molar-refractivity contribution in [2.24, 2.45) is 0 Å². The van der Waals surface area contributed by atoms with Gasteiger partial charge in [-0.1, -0.05) is 23.2 Å². The number of furan rings is 1. The first-order chi connectivity index (χ1) is 8.04. The Hall–Kier alpha value is -1.65. The number of halogens is 2. The third-order valence-corrected chi connectivity index (χ3v) is 2.29. The summed E-state index contributed by atoms with van der Waals surface area (Å²) in [5.41, 5.74) is 0. The molecule has 0 saturated carbocycles. The Kier molecular flexibility index (Phi) is 3.26. The van der Waals surface area contributed by atoms with E-state index in [1.54, 1.807) is 18.2 Å². The van der Waals surface area contributed by atoms with Crippen molar-refractivity contribution < 1.29 is 19.1 Å². The van der Waals surface area contributed by atoms with Crippen molar-refractivity contribution in [3.63, 3.8) is 0 Å². The van der Waals surface area contributed by atoms with Gasteiger partial charge in [-0.2, -0.15) is 0 Å². The first-order valence-corrected chi connectivity index (χ1v) is 5.26. The van der Waals surface area contributed by atoms with E-state index in [2.05, 4.69) is 0 Å². The lowest BCUT2D eigenvalue weighted by Crippen LogP contribution is -1.91. The number of ether oxygens (including phenoxy) is 1. The number of hydrogen-bond donors (Lipinski definition) is 1. The SMILES string of the molecule is O=C(O)c1cc(Oc2cc(Cl)cc(Cl)c2)co1. The van der Waals surface area contributed by atoms with Gasteiger partial charge in [0.05, 0.1) is 0 Å². The lowest BCUT2D eigenvalue weighted by atomic mass is 10.3. The molecule has 1 aromatic heterocycles. The molecule has 0 aliphatic rings. The summed E-state index contributed by atoms with van der Waals surface area (Å²) in [4.78, 5) is 10.6. The summed E-state index contributed by atoms with van der Waals surface area (Å²) in [5, 5.41) is 9.51. The minimum atomic E-state index is -1.16. The molecule has 1 N–H and O–H groups in total. The van der Waals surface area contributed by atoms with Crippen LogP contribution in [0.15, 0.2) is 34.9 Å². The summed E-state index contributed by atoms with van der Waals surface area (Å²) in [7, 11) is 0. The zero-order chi connectivity index (χ0) is 12.4. The monoisotopic (exact) mass is 272 g/mol. The molecule has 17 heavy (non-hydrogen) atoms. The maximum absolute atomic E-state index is 10.6. The second-order valence-corrected chi connectivity index (χ2v) is 4.03. The van der Waals surface area contributed by atoms with E-state index in [0.29, 0.717) is 15.8 Å². The number of hydrogen-bond acceptors (Lipinski definition) is 3. The lowest BCUT2D eigenvalue weighted by Gasteiger charge is -2.03. The van der Waals surface area contributed by atoms with E-state index in [9.17, 15) is 4.79 Å². The van der Waals surface area contributed by atoms with Crippen LogP contribution in [-0.4, -0.2) is 11.1 Å². The van der Waals surface area contributed by atoms with Crippen LogP contribution in [0.2, 0.25) is 10.0 Å². The van der Waals surface area contributed by atoms with Gasteiger partial charge in [-0.15, -0.1) is 0 Å². The zero-order valence-corrected chi connectivity index (χ0v) is 9.83. The van der Waals surface area contributed by atoms with Gasteiger partial charge >= 0.3 is 5.97 Å². The lowest BCUT2D eigenvalue weighted by molar-refractivity contribution is 0.0662. The Bertz CT molecular complexity index is 542. The van der Waals surface area contributed by atoms with Gasteiger partial charge in [0.1, 0.15) is 12.0 Å². The molecule has 0 saturated heterocycles. The van der Waals surface area contributed by atoms with Gasteiger partial charge < -0.3 is 14.3 Å². The molecule has 0 bridgehead atoms. The van der Waals surface area contributed by atoms with Crippen LogP contribution in [0.5, 0.6) is 11.5 Å². The van der Waals surface area contributed by atoms with E-state index in [4.69, 9.17) is 37.5 Å². The van der Waals surface area contributed by atoms with Crippen LogP contribution in [0.3, 0.4) is 0 Å². The molecule has 2 aromatic rings. The summed E-state index contributed by atoms with van der Waals surface area (Å²) in [6, 6.07) is 5.94. The third kappa shape index (κ3) is 2.93. The zero-order valence-electron chi connectivity index (χ0n) is 8.31. The molecule has 0 radical (unpaired) electrons. The fourth-order valence-corrected chi connectivity index (χ4v) is 1.71. The highest BCUT2D eigenvalue weighted by molar-refractivity contribution is 6.34. The molecule has 0 fully saturated rings. The molecule has 88 valence electrons. The molecular weight excluding hydrogens is 267 g/mol. The van der Waals surface area contributed by atoms with Crippen molar-refractivity contribution in [3.05, 3.63) is 46.3 Å². The van der Waals surface area contributed by atoms with Crippen molar-refractivity contribution in [2.45, 2.75) is 0 Å². The number of benzene rings is 1. The van der Waals surface area contributed by atoms with Crippen molar-refractivity contribution in [3.8, 4) is 11.5 Å². The molecule has 6 heteroatoms. The van der Waals surface area contributed by atoms with E-state index < -0.39 is 5.97 Å². The number of rotatable bonds is 3. The molecule has 0 aliphatic carbocycles. The van der Waals surface area contributed by atoms with Crippen molar-refractivity contribution in [2.75, 3.05) is 0 Å². The summed E-state index contributed by atoms with van der Waals surface area (Å²) >= 11 is 11.6. The van der Waals surface area contributed by atoms with E-state index in [1.165, 1.54) is 12.3 Å². The van der Waals surface area contributed by atoms with Crippen LogP contribution >= 0.6 is 23.2 Å². The molecule has 0 spiro atoms. The van der Waals surface area contributed by atoms with Crippen LogP contribution in [0, 0.1) is 0 Å². The molecule has 2 rings (SSSR count). The predicted molar refractivity (Wildman–Crippen MR) is 62.2 cm³/mol. The minimum Gasteiger partial charge on any atom is -0.475 e. The molecule has 0 amide bonds. The average Bonchev–Trinajstić information content (AvgIpc) is 2.64. The van der Waals surface area contributed by atoms with Gasteiger partial charge in [0.25, 0.3) is 0 Å². The van der Waals surface area contributed by atoms with Crippen molar-refractivity contribution in [1.29, 1.82) is 0 Å². The van der Waals surface area contributed by atoms with E-state index in [0.717, 1.165) is 0 Å². The molecule has 1 aromatic carbocycles. The van der Waals surface area contributed by atoms with E-state index >= 15 is 0 Å². The standard InChI is InChI=1S/C11H6Cl2O4/c12-6-1-7(13)3-8(2-6)17-9-4-10(11(14)15)16-5-9/h1-5H,(H,14,15). The Morgan fingerprint density at radius 2 is 1.76 bits per heavy atom. The van der Waals surface area contributed by atoms with Crippen LogP contribution in [0.1, 0.15) is 10.6 Å². The number of carboxylic acids is 1. The van der Waals surface area contributed by atoms with E-state index in [1.807, 2.05) is 0 Å². The van der Waals surface area contributed by atoms with Crippen LogP contribution in [0.25, 0.3) is 0 Å². The van der Waals surface area contributed by atoms with Gasteiger partial charge in [0, 0.05) is 16.1 Å². The Balaban J connectivity index is 2.22. The van der Waals surface area contributed by atoms with Crippen LogP contribution in [-0.2, 0) is 0 Å². The van der Waals surface area contributed by atoms with Crippen molar-refractivity contribution in [1.82, 2.24) is 0 Å². The topological polar surface area (TPSA) is 59.7 Å². The second-order valence-electron chi connectivity index (χ2n) is 3.16. The third-order valence-electron chi connectivity index (χ3n) is 1.86. The van der Waals surface area contributed by atoms with Crippen LogP contribution in [0.4, 0.5) is 0 Å². The van der Waals surface area contributed by atoms with Gasteiger partial charge in [0.2, 0.25) is 5.76 Å². The number of carbonyl (C=O) groups is 1. The Morgan fingerprint density at radius 3 is 2.29 bits per heavy atom. The molecule has 0 aliphatic heterocycles. The van der Waals surface area contributed by atoms with E-state index in [-0.39, 0.29) is 11.5 Å². The van der Waals surface area contributed by atoms with Crippen LogP contribution < -0.4 is 4.74 Å². The summed E-state index contributed by atoms with van der Waals surface area (Å²) in [6.07, 6.45) is 1.19. The van der Waals surface area contributed by atoms with Gasteiger partial charge in [-0.05, 0) is 18.2 Å². The Labute approximate surface area is 106 Å². The first kappa shape index (κ1) is 11.8. The summed E-state index contributed by atoms with van der Waals surface area (Å²) in [6.45, 7) is 0. The fraction of sp³-hybridized carbons (Fsp3) is 0.